The molecule has 0 spiro atoms. The maximum Gasteiger partial charge on any atom is 0.274 e. The molecule has 0 amide bonds. The molecule has 0 fully saturated rings. The standard InChI is InChI=1S/C14H19N3O/c1-2-12(15)7-5-9-17-14(18)13-8-4-3-6-11(13)10-16-17/h3-4,6,8,10,12H,2,5,7,9,15H2,1H3. The molecule has 0 aliphatic carbocycles. The third-order valence-corrected chi connectivity index (χ3v) is 3.23. The summed E-state index contributed by atoms with van der Waals surface area (Å²) in [4.78, 5) is 12.1. The number of nitrogens with zero attached hydrogens (tertiary/aromatic N) is 2. The molecule has 2 rings (SSSR count). The molecule has 18 heavy (non-hydrogen) atoms. The largest absolute Gasteiger partial charge is 0.328 e. The van der Waals surface area contributed by atoms with E-state index in [4.69, 9.17) is 5.73 Å². The van der Waals surface area contributed by atoms with Crippen LogP contribution in [0.15, 0.2) is 35.3 Å². The van der Waals surface area contributed by atoms with Gasteiger partial charge in [-0.05, 0) is 25.3 Å². The van der Waals surface area contributed by atoms with Gasteiger partial charge in [0.2, 0.25) is 0 Å². The number of hydrogen-bond donors (Lipinski definition) is 1. The van der Waals surface area contributed by atoms with Gasteiger partial charge in [0, 0.05) is 18.0 Å². The van der Waals surface area contributed by atoms with Crippen LogP contribution in [-0.4, -0.2) is 15.8 Å². The fourth-order valence-corrected chi connectivity index (χ4v) is 1.99. The minimum absolute atomic E-state index is 0.0156. The first-order valence-corrected chi connectivity index (χ1v) is 6.43. The minimum Gasteiger partial charge on any atom is -0.328 e. The summed E-state index contributed by atoms with van der Waals surface area (Å²) in [6, 6.07) is 7.75. The van der Waals surface area contributed by atoms with Crippen LogP contribution < -0.4 is 11.3 Å². The highest BCUT2D eigenvalue weighted by Gasteiger charge is 2.04. The quantitative estimate of drug-likeness (QED) is 0.875. The highest BCUT2D eigenvalue weighted by Crippen LogP contribution is 2.07. The Labute approximate surface area is 106 Å². The summed E-state index contributed by atoms with van der Waals surface area (Å²) >= 11 is 0. The summed E-state index contributed by atoms with van der Waals surface area (Å²) in [6.45, 7) is 2.71. The van der Waals surface area contributed by atoms with Crippen molar-refractivity contribution in [1.82, 2.24) is 9.78 Å². The van der Waals surface area contributed by atoms with E-state index in [1.807, 2.05) is 24.3 Å². The fourth-order valence-electron chi connectivity index (χ4n) is 1.99. The van der Waals surface area contributed by atoms with Crippen molar-refractivity contribution < 1.29 is 0 Å². The monoisotopic (exact) mass is 245 g/mol. The van der Waals surface area contributed by atoms with Crippen molar-refractivity contribution in [1.29, 1.82) is 0 Å². The van der Waals surface area contributed by atoms with Crippen molar-refractivity contribution in [2.45, 2.75) is 38.8 Å². The molecule has 0 radical (unpaired) electrons. The van der Waals surface area contributed by atoms with Gasteiger partial charge in [-0.15, -0.1) is 0 Å². The molecule has 0 bridgehead atoms. The van der Waals surface area contributed by atoms with E-state index < -0.39 is 0 Å². The summed E-state index contributed by atoms with van der Waals surface area (Å²) in [5, 5.41) is 5.81. The molecule has 4 nitrogen and oxygen atoms in total. The second kappa shape index (κ2) is 5.78. The lowest BCUT2D eigenvalue weighted by molar-refractivity contribution is 0.490. The normalized spacial score (nSPS) is 12.8. The Hall–Kier alpha value is -1.68. The van der Waals surface area contributed by atoms with Crippen molar-refractivity contribution in [2.75, 3.05) is 0 Å². The van der Waals surface area contributed by atoms with Crippen molar-refractivity contribution in [3.8, 4) is 0 Å². The molecule has 2 aromatic rings. The number of rotatable bonds is 5. The second-order valence-corrected chi connectivity index (χ2v) is 4.57. The molecule has 1 aromatic carbocycles. The zero-order valence-electron chi connectivity index (χ0n) is 10.7. The number of aryl methyl sites for hydroxylation is 1. The Kier molecular flexibility index (Phi) is 4.10. The van der Waals surface area contributed by atoms with E-state index in [-0.39, 0.29) is 11.6 Å². The molecule has 96 valence electrons. The van der Waals surface area contributed by atoms with E-state index >= 15 is 0 Å². The van der Waals surface area contributed by atoms with E-state index in [2.05, 4.69) is 12.0 Å². The van der Waals surface area contributed by atoms with Crippen molar-refractivity contribution in [3.05, 3.63) is 40.8 Å². The molecule has 0 saturated heterocycles. The lowest BCUT2D eigenvalue weighted by Crippen LogP contribution is -2.24. The Balaban J connectivity index is 2.14. The summed E-state index contributed by atoms with van der Waals surface area (Å²) < 4.78 is 1.53. The third-order valence-electron chi connectivity index (χ3n) is 3.23. The van der Waals surface area contributed by atoms with Crippen LogP contribution in [0, 0.1) is 0 Å². The van der Waals surface area contributed by atoms with Crippen molar-refractivity contribution >= 4 is 10.8 Å². The van der Waals surface area contributed by atoms with Gasteiger partial charge in [0.05, 0.1) is 11.6 Å². The Morgan fingerprint density at radius 2 is 2.17 bits per heavy atom. The number of aromatic nitrogens is 2. The van der Waals surface area contributed by atoms with Crippen LogP contribution in [0.3, 0.4) is 0 Å². The van der Waals surface area contributed by atoms with Crippen LogP contribution in [0.4, 0.5) is 0 Å². The van der Waals surface area contributed by atoms with Crippen LogP contribution in [0.2, 0.25) is 0 Å². The first kappa shape index (κ1) is 12.8. The molecule has 4 heteroatoms. The SMILES string of the molecule is CCC(N)CCCn1ncc2ccccc2c1=O. The zero-order valence-corrected chi connectivity index (χ0v) is 10.7. The molecular formula is C14H19N3O. The molecule has 1 heterocycles. The highest BCUT2D eigenvalue weighted by atomic mass is 16.1. The highest BCUT2D eigenvalue weighted by molar-refractivity contribution is 5.80. The maximum atomic E-state index is 12.1. The van der Waals surface area contributed by atoms with Gasteiger partial charge in [-0.1, -0.05) is 25.1 Å². The maximum absolute atomic E-state index is 12.1. The average Bonchev–Trinajstić information content (AvgIpc) is 2.41. The predicted octanol–water partition coefficient (Wildman–Crippen LogP) is 1.91. The Bertz CT molecular complexity index is 577. The van der Waals surface area contributed by atoms with E-state index in [9.17, 15) is 4.79 Å². The van der Waals surface area contributed by atoms with Crippen LogP contribution in [0.1, 0.15) is 26.2 Å². The van der Waals surface area contributed by atoms with Gasteiger partial charge in [-0.2, -0.15) is 5.10 Å². The minimum atomic E-state index is -0.0156. The first-order valence-electron chi connectivity index (χ1n) is 6.43. The van der Waals surface area contributed by atoms with E-state index in [1.165, 1.54) is 4.68 Å². The molecule has 2 N–H and O–H groups in total. The van der Waals surface area contributed by atoms with E-state index in [0.717, 1.165) is 30.0 Å². The molecule has 1 atom stereocenters. The van der Waals surface area contributed by atoms with Crippen LogP contribution in [0.5, 0.6) is 0 Å². The first-order chi connectivity index (χ1) is 8.72. The van der Waals surface area contributed by atoms with Gasteiger partial charge >= 0.3 is 0 Å². The van der Waals surface area contributed by atoms with Crippen molar-refractivity contribution in [2.24, 2.45) is 5.73 Å². The molecule has 0 aliphatic rings. The number of nitrogens with two attached hydrogens (primary N) is 1. The lowest BCUT2D eigenvalue weighted by atomic mass is 10.1. The summed E-state index contributed by atoms with van der Waals surface area (Å²) in [5.41, 5.74) is 5.84. The van der Waals surface area contributed by atoms with Gasteiger partial charge < -0.3 is 5.73 Å². The Morgan fingerprint density at radius 1 is 1.39 bits per heavy atom. The van der Waals surface area contributed by atoms with Gasteiger partial charge in [-0.3, -0.25) is 4.79 Å². The molecule has 0 aliphatic heterocycles. The molecule has 1 aromatic heterocycles. The van der Waals surface area contributed by atoms with Gasteiger partial charge in [0.15, 0.2) is 0 Å². The fraction of sp³-hybridized carbons (Fsp3) is 0.429. The number of fused-ring (bicyclic) bond motifs is 1. The predicted molar refractivity (Wildman–Crippen MR) is 73.5 cm³/mol. The number of hydrogen-bond acceptors (Lipinski definition) is 3. The lowest BCUT2D eigenvalue weighted by Gasteiger charge is -2.09. The van der Waals surface area contributed by atoms with Gasteiger partial charge in [0.1, 0.15) is 0 Å². The smallest absolute Gasteiger partial charge is 0.274 e. The van der Waals surface area contributed by atoms with E-state index in [0.29, 0.717) is 6.54 Å². The van der Waals surface area contributed by atoms with Gasteiger partial charge in [0.25, 0.3) is 5.56 Å². The van der Waals surface area contributed by atoms with Crippen LogP contribution in [0.25, 0.3) is 10.8 Å². The molecule has 0 saturated carbocycles. The second-order valence-electron chi connectivity index (χ2n) is 4.57. The topological polar surface area (TPSA) is 60.9 Å². The summed E-state index contributed by atoms with van der Waals surface area (Å²) in [7, 11) is 0. The summed E-state index contributed by atoms with van der Waals surface area (Å²) in [6.07, 6.45) is 4.54. The summed E-state index contributed by atoms with van der Waals surface area (Å²) in [5.74, 6) is 0. The third kappa shape index (κ3) is 2.76. The van der Waals surface area contributed by atoms with Crippen LogP contribution in [-0.2, 0) is 6.54 Å². The average molecular weight is 245 g/mol. The molecule has 1 unspecified atom stereocenters. The van der Waals surface area contributed by atoms with Crippen molar-refractivity contribution in [3.63, 3.8) is 0 Å². The number of benzene rings is 1. The van der Waals surface area contributed by atoms with E-state index in [1.54, 1.807) is 6.20 Å². The van der Waals surface area contributed by atoms with Gasteiger partial charge in [-0.25, -0.2) is 4.68 Å². The zero-order chi connectivity index (χ0) is 13.0. The molecular weight excluding hydrogens is 226 g/mol. The van der Waals surface area contributed by atoms with Crippen LogP contribution >= 0.6 is 0 Å². The Morgan fingerprint density at radius 3 is 2.94 bits per heavy atom.